The molecule has 0 saturated carbocycles. The average molecular weight is 562 g/mol. The van der Waals surface area contributed by atoms with Crippen molar-refractivity contribution in [3.05, 3.63) is 115 Å². The van der Waals surface area contributed by atoms with Crippen LogP contribution in [0.1, 0.15) is 0 Å². The Bertz CT molecular complexity index is 2360. The van der Waals surface area contributed by atoms with Crippen LogP contribution in [0.2, 0.25) is 0 Å². The monoisotopic (exact) mass is 562 g/mol. The van der Waals surface area contributed by atoms with Crippen LogP contribution in [0.25, 0.3) is 75.1 Å². The van der Waals surface area contributed by atoms with Crippen LogP contribution in [-0.4, -0.2) is 39.2 Å². The summed E-state index contributed by atoms with van der Waals surface area (Å²) in [6.45, 7) is 0. The molecule has 0 aliphatic rings. The topological polar surface area (TPSA) is 0 Å². The minimum atomic E-state index is 0.208. The molecule has 8 aromatic rings. The summed E-state index contributed by atoms with van der Waals surface area (Å²) in [5.41, 5.74) is 7.64. The van der Waals surface area contributed by atoms with Crippen LogP contribution in [0.15, 0.2) is 115 Å². The van der Waals surface area contributed by atoms with E-state index >= 15 is 0 Å². The van der Waals surface area contributed by atoms with Crippen LogP contribution in [0, 0.1) is 0 Å². The second-order valence-corrected chi connectivity index (χ2v) is 12.2. The Hall–Kier alpha value is -4.40. The zero-order valence-corrected chi connectivity index (χ0v) is 24.6. The molecule has 1 heterocycles. The smallest absolute Gasteiger partial charge is 0.113 e. The van der Waals surface area contributed by atoms with Crippen LogP contribution in [-0.2, 0) is 0 Å². The number of fused-ring (bicyclic) bond motifs is 5. The van der Waals surface area contributed by atoms with Crippen LogP contribution in [0.3, 0.4) is 0 Å². The summed E-state index contributed by atoms with van der Waals surface area (Å²) in [5.74, 6) is 0. The predicted molar refractivity (Wildman–Crippen MR) is 198 cm³/mol. The van der Waals surface area contributed by atoms with Gasteiger partial charge in [-0.25, -0.2) is 0 Å². The van der Waals surface area contributed by atoms with Crippen molar-refractivity contribution < 1.29 is 0 Å². The fraction of sp³-hybridized carbons (Fsp3) is 0. The predicted octanol–water partition coefficient (Wildman–Crippen LogP) is 5.33. The molecule has 10 radical (unpaired) electrons. The lowest BCUT2D eigenvalue weighted by atomic mass is 9.59. The number of benzene rings is 7. The highest BCUT2D eigenvalue weighted by molar-refractivity contribution is 7.26. The largest absolute Gasteiger partial charge is 0.135 e. The Morgan fingerprint density at radius 2 is 0.841 bits per heavy atom. The van der Waals surface area contributed by atoms with E-state index in [-0.39, 0.29) is 16.4 Å². The van der Waals surface area contributed by atoms with Crippen LogP contribution in [0.5, 0.6) is 0 Å². The molecule has 6 heteroatoms. The quantitative estimate of drug-likeness (QED) is 0.202. The molecule has 0 aliphatic heterocycles. The lowest BCUT2D eigenvalue weighted by Gasteiger charge is -2.25. The molecule has 44 heavy (non-hydrogen) atoms. The summed E-state index contributed by atoms with van der Waals surface area (Å²) in [6, 6.07) is 40.6. The molecule has 0 N–H and O–H groups in total. The SMILES string of the molecule is [B]c1c([B])c([B])c(-c2c3ccccc3c(-c3cccc4sc5c(-c6ccccc6)cccc5c34)c3ccccc23)c([B])c1[B]. The molecule has 0 unspecified atom stereocenters. The van der Waals surface area contributed by atoms with E-state index < -0.39 is 0 Å². The van der Waals surface area contributed by atoms with Gasteiger partial charge in [0.15, 0.2) is 0 Å². The molecular weight excluding hydrogens is 543 g/mol. The second kappa shape index (κ2) is 10.4. The Kier molecular flexibility index (Phi) is 6.40. The van der Waals surface area contributed by atoms with Gasteiger partial charge in [0.25, 0.3) is 0 Å². The number of hydrogen-bond donors (Lipinski definition) is 0. The third kappa shape index (κ3) is 3.90. The van der Waals surface area contributed by atoms with Crippen molar-refractivity contribution in [2.75, 3.05) is 0 Å². The molecule has 0 bridgehead atoms. The van der Waals surface area contributed by atoms with Crippen molar-refractivity contribution >= 4 is 120 Å². The molecule has 0 atom stereocenters. The molecule has 0 saturated heterocycles. The second-order valence-electron chi connectivity index (χ2n) is 11.1. The minimum Gasteiger partial charge on any atom is -0.135 e. The van der Waals surface area contributed by atoms with E-state index in [1.807, 2.05) is 23.5 Å². The molecule has 0 fully saturated rings. The van der Waals surface area contributed by atoms with Gasteiger partial charge in [0, 0.05) is 20.2 Å². The maximum Gasteiger partial charge on any atom is 0.113 e. The fourth-order valence-electron chi connectivity index (χ4n) is 6.71. The first-order valence-electron chi connectivity index (χ1n) is 14.4. The summed E-state index contributed by atoms with van der Waals surface area (Å²) in [6.07, 6.45) is 0. The van der Waals surface area contributed by atoms with E-state index in [9.17, 15) is 0 Å². The van der Waals surface area contributed by atoms with Gasteiger partial charge in [0.1, 0.15) is 39.2 Å². The van der Waals surface area contributed by atoms with Crippen LogP contribution < -0.4 is 27.3 Å². The Balaban J connectivity index is 1.53. The summed E-state index contributed by atoms with van der Waals surface area (Å²) in [5, 5.41) is 6.66. The number of rotatable bonds is 3. The van der Waals surface area contributed by atoms with Gasteiger partial charge in [0.05, 0.1) is 0 Å². The third-order valence-corrected chi connectivity index (χ3v) is 9.96. The van der Waals surface area contributed by atoms with Gasteiger partial charge in [-0.1, -0.05) is 120 Å². The molecule has 0 nitrogen and oxygen atoms in total. The standard InChI is InChI=1S/C38H19B5S/c39-33-32(34(40)36(42)37(43)35(33)41)31-24-14-6-4-12-22(24)29(23-13-5-7-15-25(23)31)26-17-9-19-28-30(26)27-18-8-16-21(38(27)44-28)20-10-2-1-3-11-20/h1-19H. The Morgan fingerprint density at radius 3 is 1.45 bits per heavy atom. The van der Waals surface area contributed by atoms with Crippen LogP contribution in [0.4, 0.5) is 0 Å². The van der Waals surface area contributed by atoms with Crippen molar-refractivity contribution in [3.8, 4) is 33.4 Å². The number of hydrogen-bond acceptors (Lipinski definition) is 1. The fourth-order valence-corrected chi connectivity index (χ4v) is 7.97. The summed E-state index contributed by atoms with van der Waals surface area (Å²) in [7, 11) is 32.3. The first-order valence-corrected chi connectivity index (χ1v) is 15.2. The van der Waals surface area contributed by atoms with Gasteiger partial charge < -0.3 is 0 Å². The van der Waals surface area contributed by atoms with Crippen LogP contribution >= 0.6 is 11.3 Å². The Morgan fingerprint density at radius 1 is 0.364 bits per heavy atom. The van der Waals surface area contributed by atoms with Crippen molar-refractivity contribution in [2.24, 2.45) is 0 Å². The lowest BCUT2D eigenvalue weighted by molar-refractivity contribution is 1.67. The first kappa shape index (κ1) is 27.2. The number of thiophene rings is 1. The maximum absolute atomic E-state index is 6.66. The summed E-state index contributed by atoms with van der Waals surface area (Å²) >= 11 is 1.84. The maximum atomic E-state index is 6.66. The van der Waals surface area contributed by atoms with Gasteiger partial charge in [-0.3, -0.25) is 0 Å². The van der Waals surface area contributed by atoms with E-state index in [0.717, 1.165) is 32.7 Å². The zero-order chi connectivity index (χ0) is 30.1. The molecule has 0 amide bonds. The van der Waals surface area contributed by atoms with Crippen molar-refractivity contribution in [2.45, 2.75) is 0 Å². The third-order valence-electron chi connectivity index (χ3n) is 8.76. The van der Waals surface area contributed by atoms with Gasteiger partial charge in [-0.2, -0.15) is 0 Å². The normalized spacial score (nSPS) is 11.6. The summed E-state index contributed by atoms with van der Waals surface area (Å²) in [4.78, 5) is 0. The Labute approximate surface area is 267 Å². The van der Waals surface area contributed by atoms with E-state index in [1.54, 1.807) is 0 Å². The van der Waals surface area contributed by atoms with E-state index in [2.05, 4.69) is 103 Å². The first-order chi connectivity index (χ1) is 21.5. The van der Waals surface area contributed by atoms with Crippen molar-refractivity contribution in [3.63, 3.8) is 0 Å². The lowest BCUT2D eigenvalue weighted by Crippen LogP contribution is -2.55. The molecule has 8 rings (SSSR count). The van der Waals surface area contributed by atoms with E-state index in [0.29, 0.717) is 16.5 Å². The zero-order valence-electron chi connectivity index (χ0n) is 23.8. The molecule has 0 spiro atoms. The summed E-state index contributed by atoms with van der Waals surface area (Å²) < 4.78 is 2.52. The highest BCUT2D eigenvalue weighted by Gasteiger charge is 2.22. The van der Waals surface area contributed by atoms with E-state index in [4.69, 9.17) is 39.2 Å². The molecule has 7 aromatic carbocycles. The minimum absolute atomic E-state index is 0.208. The molecular formula is C38H19B5S. The van der Waals surface area contributed by atoms with Gasteiger partial charge in [-0.15, -0.1) is 27.7 Å². The van der Waals surface area contributed by atoms with Gasteiger partial charge >= 0.3 is 0 Å². The van der Waals surface area contributed by atoms with Gasteiger partial charge in [-0.05, 0) is 61.0 Å². The molecule has 192 valence electrons. The molecule has 1 aromatic heterocycles. The van der Waals surface area contributed by atoms with Gasteiger partial charge in [0.2, 0.25) is 0 Å². The highest BCUT2D eigenvalue weighted by Crippen LogP contribution is 2.48. The van der Waals surface area contributed by atoms with Crippen molar-refractivity contribution in [1.82, 2.24) is 0 Å². The molecule has 0 aliphatic carbocycles. The van der Waals surface area contributed by atoms with Crippen molar-refractivity contribution in [1.29, 1.82) is 0 Å². The van der Waals surface area contributed by atoms with E-state index in [1.165, 1.54) is 36.9 Å². The highest BCUT2D eigenvalue weighted by atomic mass is 32.1. The average Bonchev–Trinajstić information content (AvgIpc) is 3.46.